The zero-order valence-electron chi connectivity index (χ0n) is 8.61. The summed E-state index contributed by atoms with van der Waals surface area (Å²) in [6, 6.07) is 0. The number of thioether (sulfide) groups is 1. The van der Waals surface area contributed by atoms with Crippen LogP contribution in [0.25, 0.3) is 0 Å². The molecule has 0 rings (SSSR count). The smallest absolute Gasteiger partial charge is 0.349 e. The van der Waals surface area contributed by atoms with Crippen LogP contribution in [0.4, 0.5) is 0 Å². The average Bonchev–Trinajstić information content (AvgIpc) is 2.15. The van der Waals surface area contributed by atoms with Gasteiger partial charge < -0.3 is 14.4 Å². The summed E-state index contributed by atoms with van der Waals surface area (Å²) in [6.45, 7) is 4.28. The standard InChI is InChI=1S/C7H16NO3PS2/c1-4-10-12(9,11-5-2)6-8-7(13)14-3/h4-6H2,1-3H3,(H,8,13). The van der Waals surface area contributed by atoms with Crippen LogP contribution in [0.3, 0.4) is 0 Å². The van der Waals surface area contributed by atoms with E-state index in [9.17, 15) is 4.57 Å². The Hall–Kier alpha value is 0.390. The Labute approximate surface area is 94.7 Å². The van der Waals surface area contributed by atoms with Crippen molar-refractivity contribution in [3.63, 3.8) is 0 Å². The predicted octanol–water partition coefficient (Wildman–Crippen LogP) is 2.45. The Morgan fingerprint density at radius 2 is 1.93 bits per heavy atom. The van der Waals surface area contributed by atoms with Gasteiger partial charge in [0, 0.05) is 0 Å². The highest BCUT2D eigenvalue weighted by atomic mass is 32.2. The van der Waals surface area contributed by atoms with Crippen LogP contribution >= 0.6 is 31.6 Å². The molecule has 0 spiro atoms. The van der Waals surface area contributed by atoms with Crippen LogP contribution in [-0.4, -0.2) is 30.1 Å². The topological polar surface area (TPSA) is 47.6 Å². The molecule has 0 atom stereocenters. The predicted molar refractivity (Wildman–Crippen MR) is 65.0 cm³/mol. The van der Waals surface area contributed by atoms with Crippen LogP contribution in [0.15, 0.2) is 0 Å². The molecule has 0 saturated carbocycles. The first-order valence-electron chi connectivity index (χ1n) is 4.28. The first-order chi connectivity index (χ1) is 6.58. The molecular weight excluding hydrogens is 241 g/mol. The molecule has 0 aliphatic heterocycles. The van der Waals surface area contributed by atoms with E-state index in [1.54, 1.807) is 13.8 Å². The summed E-state index contributed by atoms with van der Waals surface area (Å²) in [5, 5.41) is 2.82. The Bertz CT molecular complexity index is 215. The van der Waals surface area contributed by atoms with Crippen molar-refractivity contribution in [2.24, 2.45) is 0 Å². The van der Waals surface area contributed by atoms with E-state index in [2.05, 4.69) is 5.32 Å². The van der Waals surface area contributed by atoms with Gasteiger partial charge in [0.2, 0.25) is 0 Å². The zero-order valence-corrected chi connectivity index (χ0v) is 11.1. The first kappa shape index (κ1) is 14.4. The van der Waals surface area contributed by atoms with E-state index < -0.39 is 7.60 Å². The molecule has 0 amide bonds. The Balaban J connectivity index is 4.08. The van der Waals surface area contributed by atoms with E-state index in [4.69, 9.17) is 21.3 Å². The highest BCUT2D eigenvalue weighted by molar-refractivity contribution is 8.22. The van der Waals surface area contributed by atoms with E-state index in [1.165, 1.54) is 11.8 Å². The SMILES string of the molecule is CCOP(=O)(CNC(=S)SC)OCC. The molecule has 0 aromatic heterocycles. The second-order valence-corrected chi connectivity index (χ2v) is 5.81. The number of thiocarbonyl (C=S) groups is 1. The lowest BCUT2D eigenvalue weighted by Gasteiger charge is -2.17. The van der Waals surface area contributed by atoms with Crippen molar-refractivity contribution in [3.8, 4) is 0 Å². The third-order valence-electron chi connectivity index (χ3n) is 1.25. The summed E-state index contributed by atoms with van der Waals surface area (Å²) in [5.41, 5.74) is 0. The molecule has 0 fully saturated rings. The Morgan fingerprint density at radius 1 is 1.43 bits per heavy atom. The molecule has 0 aliphatic carbocycles. The molecule has 0 saturated heterocycles. The average molecular weight is 257 g/mol. The molecule has 0 bridgehead atoms. The van der Waals surface area contributed by atoms with Gasteiger partial charge in [-0.15, -0.1) is 11.8 Å². The molecule has 14 heavy (non-hydrogen) atoms. The van der Waals surface area contributed by atoms with Gasteiger partial charge in [-0.05, 0) is 20.1 Å². The third kappa shape index (κ3) is 5.98. The summed E-state index contributed by atoms with van der Waals surface area (Å²) in [6.07, 6.45) is 1.98. The van der Waals surface area contributed by atoms with Gasteiger partial charge in [-0.1, -0.05) is 12.2 Å². The molecule has 0 radical (unpaired) electrons. The molecule has 0 aliphatic rings. The van der Waals surface area contributed by atoms with Gasteiger partial charge >= 0.3 is 7.60 Å². The fraction of sp³-hybridized carbons (Fsp3) is 0.857. The van der Waals surface area contributed by atoms with Gasteiger partial charge in [0.25, 0.3) is 0 Å². The lowest BCUT2D eigenvalue weighted by Crippen LogP contribution is -2.21. The van der Waals surface area contributed by atoms with Crippen LogP contribution < -0.4 is 5.32 Å². The highest BCUT2D eigenvalue weighted by Gasteiger charge is 2.23. The number of nitrogens with one attached hydrogen (secondary N) is 1. The van der Waals surface area contributed by atoms with Crippen LogP contribution in [0.1, 0.15) is 13.8 Å². The Kier molecular flexibility index (Phi) is 7.86. The molecular formula is C7H16NO3PS2. The van der Waals surface area contributed by atoms with Crippen molar-refractivity contribution >= 4 is 35.9 Å². The molecule has 1 N–H and O–H groups in total. The van der Waals surface area contributed by atoms with Gasteiger partial charge in [-0.25, -0.2) is 0 Å². The van der Waals surface area contributed by atoms with Gasteiger partial charge in [0.1, 0.15) is 10.6 Å². The van der Waals surface area contributed by atoms with Crippen LogP contribution in [0.2, 0.25) is 0 Å². The minimum atomic E-state index is -3.00. The molecule has 0 heterocycles. The van der Waals surface area contributed by atoms with Crippen LogP contribution in [0, 0.1) is 0 Å². The van der Waals surface area contributed by atoms with Crippen molar-refractivity contribution < 1.29 is 13.6 Å². The summed E-state index contributed by atoms with van der Waals surface area (Å²) in [5.74, 6) is 0. The monoisotopic (exact) mass is 257 g/mol. The minimum absolute atomic E-state index is 0.133. The lowest BCUT2D eigenvalue weighted by molar-refractivity contribution is 0.219. The van der Waals surface area contributed by atoms with E-state index in [1.807, 2.05) is 6.26 Å². The van der Waals surface area contributed by atoms with Crippen molar-refractivity contribution in [1.82, 2.24) is 5.32 Å². The van der Waals surface area contributed by atoms with E-state index >= 15 is 0 Å². The van der Waals surface area contributed by atoms with Crippen molar-refractivity contribution in [2.75, 3.05) is 25.8 Å². The lowest BCUT2D eigenvalue weighted by atomic mass is 10.9. The normalized spacial score (nSPS) is 11.4. The van der Waals surface area contributed by atoms with Gasteiger partial charge in [0.15, 0.2) is 0 Å². The highest BCUT2D eigenvalue weighted by Crippen LogP contribution is 2.46. The van der Waals surface area contributed by atoms with E-state index in [-0.39, 0.29) is 6.29 Å². The fourth-order valence-electron chi connectivity index (χ4n) is 0.755. The maximum atomic E-state index is 11.9. The first-order valence-corrected chi connectivity index (χ1v) is 7.64. The van der Waals surface area contributed by atoms with E-state index in [0.29, 0.717) is 17.5 Å². The van der Waals surface area contributed by atoms with Crippen LogP contribution in [-0.2, 0) is 13.6 Å². The van der Waals surface area contributed by atoms with Gasteiger partial charge in [0.05, 0.1) is 13.2 Å². The molecule has 84 valence electrons. The fourth-order valence-corrected chi connectivity index (χ4v) is 2.65. The summed E-state index contributed by atoms with van der Waals surface area (Å²) >= 11 is 6.30. The number of rotatable bonds is 6. The summed E-state index contributed by atoms with van der Waals surface area (Å²) < 4.78 is 22.6. The van der Waals surface area contributed by atoms with Crippen molar-refractivity contribution in [1.29, 1.82) is 0 Å². The van der Waals surface area contributed by atoms with Crippen LogP contribution in [0.5, 0.6) is 0 Å². The molecule has 0 aromatic carbocycles. The Morgan fingerprint density at radius 3 is 2.29 bits per heavy atom. The minimum Gasteiger partial charge on any atom is -0.360 e. The van der Waals surface area contributed by atoms with Gasteiger partial charge in [-0.2, -0.15) is 0 Å². The zero-order chi connectivity index (χ0) is 11.0. The molecule has 4 nitrogen and oxygen atoms in total. The van der Waals surface area contributed by atoms with Crippen molar-refractivity contribution in [3.05, 3.63) is 0 Å². The quantitative estimate of drug-likeness (QED) is 0.582. The molecule has 7 heteroatoms. The molecule has 0 aromatic rings. The van der Waals surface area contributed by atoms with Gasteiger partial charge in [-0.3, -0.25) is 4.57 Å². The largest absolute Gasteiger partial charge is 0.360 e. The van der Waals surface area contributed by atoms with Crippen molar-refractivity contribution in [2.45, 2.75) is 13.8 Å². The second kappa shape index (κ2) is 7.65. The maximum Gasteiger partial charge on any atom is 0.349 e. The summed E-state index contributed by atoms with van der Waals surface area (Å²) in [4.78, 5) is 0. The number of hydrogen-bond donors (Lipinski definition) is 1. The second-order valence-electron chi connectivity index (χ2n) is 2.27. The summed E-state index contributed by atoms with van der Waals surface area (Å²) in [7, 11) is -3.00. The maximum absolute atomic E-state index is 11.9. The molecule has 0 unspecified atom stereocenters. The number of hydrogen-bond acceptors (Lipinski definition) is 5. The third-order valence-corrected chi connectivity index (χ3v) is 4.26. The van der Waals surface area contributed by atoms with E-state index in [0.717, 1.165) is 0 Å².